The topological polar surface area (TPSA) is 33.6 Å². The molecule has 1 aromatic heterocycles. The molecule has 0 aliphatic heterocycles. The standard InChI is InChI=1S/C34H25N3O/c1-23-8-14-28(15-9-23)37(29-16-10-24(2)11-17-29)30-18-12-25(13-19-30)20-32(35-3)34-36-31-21-26-6-4-5-7-27(26)22-33(31)38-34/h4-22H,1-2H3. The number of aryl methyl sites for hydroxylation is 2. The van der Waals surface area contributed by atoms with Gasteiger partial charge in [0.15, 0.2) is 5.58 Å². The summed E-state index contributed by atoms with van der Waals surface area (Å²) in [6.45, 7) is 12.0. The van der Waals surface area contributed by atoms with Crippen LogP contribution in [0.4, 0.5) is 17.1 Å². The Morgan fingerprint density at radius 3 is 1.82 bits per heavy atom. The maximum Gasteiger partial charge on any atom is 0.248 e. The van der Waals surface area contributed by atoms with Gasteiger partial charge >= 0.3 is 0 Å². The second kappa shape index (κ2) is 9.72. The van der Waals surface area contributed by atoms with Crippen molar-refractivity contribution in [3.63, 3.8) is 0 Å². The van der Waals surface area contributed by atoms with Crippen LogP contribution < -0.4 is 4.90 Å². The Hall–Kier alpha value is -5.14. The van der Waals surface area contributed by atoms with Crippen molar-refractivity contribution in [2.24, 2.45) is 0 Å². The van der Waals surface area contributed by atoms with E-state index in [0.29, 0.717) is 17.2 Å². The van der Waals surface area contributed by atoms with Gasteiger partial charge in [-0.2, -0.15) is 0 Å². The third-order valence-electron chi connectivity index (χ3n) is 6.63. The van der Waals surface area contributed by atoms with Gasteiger partial charge in [-0.1, -0.05) is 71.8 Å². The molecule has 0 amide bonds. The van der Waals surface area contributed by atoms with Crippen molar-refractivity contribution in [3.05, 3.63) is 143 Å². The minimum absolute atomic E-state index is 0.329. The predicted octanol–water partition coefficient (Wildman–Crippen LogP) is 9.49. The lowest BCUT2D eigenvalue weighted by Gasteiger charge is -2.26. The molecule has 0 aliphatic rings. The molecule has 0 aliphatic carbocycles. The van der Waals surface area contributed by atoms with Crippen molar-refractivity contribution in [1.29, 1.82) is 0 Å². The van der Waals surface area contributed by atoms with Gasteiger partial charge in [0.1, 0.15) is 5.52 Å². The highest BCUT2D eigenvalue weighted by Crippen LogP contribution is 2.35. The summed E-state index contributed by atoms with van der Waals surface area (Å²) in [5.74, 6) is 0.329. The number of hydrogen-bond acceptors (Lipinski definition) is 3. The van der Waals surface area contributed by atoms with E-state index in [2.05, 4.69) is 89.2 Å². The summed E-state index contributed by atoms with van der Waals surface area (Å²) in [5, 5.41) is 2.17. The van der Waals surface area contributed by atoms with Crippen LogP contribution in [0.2, 0.25) is 0 Å². The van der Waals surface area contributed by atoms with E-state index in [0.717, 1.165) is 38.9 Å². The van der Waals surface area contributed by atoms with E-state index in [1.54, 1.807) is 0 Å². The van der Waals surface area contributed by atoms with Crippen LogP contribution in [0.15, 0.2) is 114 Å². The van der Waals surface area contributed by atoms with Gasteiger partial charge in [0, 0.05) is 17.1 Å². The van der Waals surface area contributed by atoms with Crippen LogP contribution in [0.3, 0.4) is 0 Å². The lowest BCUT2D eigenvalue weighted by Crippen LogP contribution is -2.09. The van der Waals surface area contributed by atoms with Crippen molar-refractivity contribution in [3.8, 4) is 0 Å². The number of rotatable bonds is 5. The fourth-order valence-electron chi connectivity index (χ4n) is 4.58. The fraction of sp³-hybridized carbons (Fsp3) is 0.0588. The smallest absolute Gasteiger partial charge is 0.248 e. The molecular weight excluding hydrogens is 466 g/mol. The first-order valence-electron chi connectivity index (χ1n) is 12.5. The summed E-state index contributed by atoms with van der Waals surface area (Å²) in [6, 6.07) is 37.3. The summed E-state index contributed by atoms with van der Waals surface area (Å²) in [6.07, 6.45) is 1.82. The van der Waals surface area contributed by atoms with Gasteiger partial charge in [-0.25, -0.2) is 9.83 Å². The van der Waals surface area contributed by atoms with Crippen molar-refractivity contribution >= 4 is 50.7 Å². The van der Waals surface area contributed by atoms with Crippen molar-refractivity contribution in [1.82, 2.24) is 4.98 Å². The first-order chi connectivity index (χ1) is 18.6. The fourth-order valence-corrected chi connectivity index (χ4v) is 4.58. The summed E-state index contributed by atoms with van der Waals surface area (Å²) in [5.41, 5.74) is 8.34. The predicted molar refractivity (Wildman–Crippen MR) is 157 cm³/mol. The third-order valence-corrected chi connectivity index (χ3v) is 6.63. The monoisotopic (exact) mass is 491 g/mol. The van der Waals surface area contributed by atoms with Crippen LogP contribution in [0.5, 0.6) is 0 Å². The van der Waals surface area contributed by atoms with Gasteiger partial charge in [-0.15, -0.1) is 0 Å². The van der Waals surface area contributed by atoms with Gasteiger partial charge < -0.3 is 9.32 Å². The third kappa shape index (κ3) is 4.54. The number of nitrogens with zero attached hydrogens (tertiary/aromatic N) is 3. The molecule has 4 nitrogen and oxygen atoms in total. The number of fused-ring (bicyclic) bond motifs is 2. The molecule has 182 valence electrons. The molecule has 4 heteroatoms. The maximum atomic E-state index is 7.78. The zero-order chi connectivity index (χ0) is 26.1. The Labute approximate surface area is 221 Å². The van der Waals surface area contributed by atoms with E-state index in [9.17, 15) is 0 Å². The van der Waals surface area contributed by atoms with Gasteiger partial charge in [0.2, 0.25) is 11.6 Å². The normalized spacial score (nSPS) is 11.6. The Bertz CT molecular complexity index is 1720. The van der Waals surface area contributed by atoms with Crippen LogP contribution in [0.25, 0.3) is 38.5 Å². The molecule has 38 heavy (non-hydrogen) atoms. The highest BCUT2D eigenvalue weighted by atomic mass is 16.3. The number of aromatic nitrogens is 1. The van der Waals surface area contributed by atoms with E-state index in [1.165, 1.54) is 11.1 Å². The van der Waals surface area contributed by atoms with Crippen molar-refractivity contribution in [2.45, 2.75) is 13.8 Å². The minimum Gasteiger partial charge on any atom is -0.447 e. The molecule has 0 radical (unpaired) electrons. The first kappa shape index (κ1) is 23.3. The lowest BCUT2D eigenvalue weighted by atomic mass is 10.1. The summed E-state index contributed by atoms with van der Waals surface area (Å²) < 4.78 is 6.00. The molecule has 1 heterocycles. The van der Waals surface area contributed by atoms with E-state index in [-0.39, 0.29) is 0 Å². The molecule has 0 saturated carbocycles. The average molecular weight is 492 g/mol. The zero-order valence-corrected chi connectivity index (χ0v) is 21.2. The van der Waals surface area contributed by atoms with Crippen LogP contribution in [-0.2, 0) is 0 Å². The van der Waals surface area contributed by atoms with Gasteiger partial charge in [-0.3, -0.25) is 0 Å². The largest absolute Gasteiger partial charge is 0.447 e. The number of anilines is 3. The van der Waals surface area contributed by atoms with E-state index < -0.39 is 0 Å². The van der Waals surface area contributed by atoms with E-state index in [1.807, 2.05) is 54.6 Å². The number of hydrogen-bond donors (Lipinski definition) is 0. The number of benzene rings is 5. The van der Waals surface area contributed by atoms with E-state index in [4.69, 9.17) is 11.0 Å². The minimum atomic E-state index is 0.329. The number of oxazole rings is 1. The maximum absolute atomic E-state index is 7.78. The van der Waals surface area contributed by atoms with Crippen LogP contribution in [-0.4, -0.2) is 4.98 Å². The summed E-state index contributed by atoms with van der Waals surface area (Å²) >= 11 is 0. The molecule has 5 aromatic carbocycles. The van der Waals surface area contributed by atoms with Gasteiger partial charge in [-0.05, 0) is 84.8 Å². The molecule has 0 atom stereocenters. The first-order valence-corrected chi connectivity index (χ1v) is 12.5. The Morgan fingerprint density at radius 2 is 1.26 bits per heavy atom. The molecule has 0 N–H and O–H groups in total. The summed E-state index contributed by atoms with van der Waals surface area (Å²) in [7, 11) is 0. The zero-order valence-electron chi connectivity index (χ0n) is 21.2. The molecule has 0 bridgehead atoms. The second-order valence-corrected chi connectivity index (χ2v) is 9.43. The van der Waals surface area contributed by atoms with Crippen LogP contribution in [0.1, 0.15) is 22.6 Å². The van der Waals surface area contributed by atoms with E-state index >= 15 is 0 Å². The van der Waals surface area contributed by atoms with Gasteiger partial charge in [0.05, 0.1) is 6.57 Å². The molecule has 6 rings (SSSR count). The Morgan fingerprint density at radius 1 is 0.737 bits per heavy atom. The lowest BCUT2D eigenvalue weighted by molar-refractivity contribution is 0.586. The molecule has 0 fully saturated rings. The highest BCUT2D eigenvalue weighted by molar-refractivity contribution is 5.95. The van der Waals surface area contributed by atoms with Gasteiger partial charge in [0.25, 0.3) is 0 Å². The SMILES string of the molecule is [C-]#[N+]C(=Cc1ccc(N(c2ccc(C)cc2)c2ccc(C)cc2)cc1)c1nc2cc3ccccc3cc2o1. The van der Waals surface area contributed by atoms with Crippen molar-refractivity contribution < 1.29 is 4.42 Å². The Kier molecular flexibility index (Phi) is 5.95. The average Bonchev–Trinajstić information content (AvgIpc) is 3.36. The highest BCUT2D eigenvalue weighted by Gasteiger charge is 2.14. The van der Waals surface area contributed by atoms with Crippen LogP contribution >= 0.6 is 0 Å². The molecule has 0 saturated heterocycles. The molecule has 6 aromatic rings. The molecule has 0 spiro atoms. The molecular formula is C34H25N3O. The van der Waals surface area contributed by atoms with Crippen molar-refractivity contribution in [2.75, 3.05) is 4.90 Å². The quantitative estimate of drug-likeness (QED) is 0.225. The molecule has 0 unspecified atom stereocenters. The second-order valence-electron chi connectivity index (χ2n) is 9.43. The van der Waals surface area contributed by atoms with Crippen LogP contribution in [0, 0.1) is 20.4 Å². The summed E-state index contributed by atoms with van der Waals surface area (Å²) in [4.78, 5) is 10.6. The Balaban J connectivity index is 1.35.